The van der Waals surface area contributed by atoms with Gasteiger partial charge in [-0.1, -0.05) is 12.1 Å². The maximum Gasteiger partial charge on any atom is 0.290 e. The second-order valence-electron chi connectivity index (χ2n) is 5.93. The van der Waals surface area contributed by atoms with Crippen LogP contribution in [0.25, 0.3) is 0 Å². The van der Waals surface area contributed by atoms with E-state index in [1.807, 2.05) is 0 Å². The number of carbonyl (C=O) groups excluding carboxylic acids is 1. The van der Waals surface area contributed by atoms with Crippen molar-refractivity contribution in [1.82, 2.24) is 9.88 Å². The molecule has 1 aromatic heterocycles. The molecule has 3 rings (SSSR count). The molecule has 0 aliphatic carbocycles. The standard InChI is InChI=1S/C17H17FN4O3/c1-11-15(22(24)25)6-7-16(19-11)20-14-8-9-21(17(14)23)10-12-2-4-13(18)5-3-12/h2-7,14H,8-10H2,1H3,(H,19,20). The van der Waals surface area contributed by atoms with Crippen LogP contribution in [0.1, 0.15) is 17.7 Å². The van der Waals surface area contributed by atoms with Gasteiger partial charge in [-0.05, 0) is 37.1 Å². The van der Waals surface area contributed by atoms with Gasteiger partial charge in [-0.15, -0.1) is 0 Å². The highest BCUT2D eigenvalue weighted by Crippen LogP contribution is 2.22. The number of halogens is 1. The van der Waals surface area contributed by atoms with Crippen LogP contribution in [0.15, 0.2) is 36.4 Å². The summed E-state index contributed by atoms with van der Waals surface area (Å²) in [5.41, 5.74) is 1.10. The topological polar surface area (TPSA) is 88.4 Å². The smallest absolute Gasteiger partial charge is 0.290 e. The number of carbonyl (C=O) groups is 1. The Morgan fingerprint density at radius 1 is 1.32 bits per heavy atom. The minimum Gasteiger partial charge on any atom is -0.358 e. The monoisotopic (exact) mass is 344 g/mol. The molecule has 0 spiro atoms. The summed E-state index contributed by atoms with van der Waals surface area (Å²) in [6.45, 7) is 2.56. The minimum absolute atomic E-state index is 0.0544. The van der Waals surface area contributed by atoms with Crippen molar-refractivity contribution in [2.45, 2.75) is 25.9 Å². The summed E-state index contributed by atoms with van der Waals surface area (Å²) in [6, 6.07) is 8.51. The van der Waals surface area contributed by atoms with E-state index in [1.54, 1.807) is 24.0 Å². The molecule has 0 radical (unpaired) electrons. The predicted octanol–water partition coefficient (Wildman–Crippen LogP) is 2.65. The average molecular weight is 344 g/mol. The van der Waals surface area contributed by atoms with E-state index in [0.717, 1.165) is 5.56 Å². The lowest BCUT2D eigenvalue weighted by Gasteiger charge is -2.17. The number of nitrogens with one attached hydrogen (secondary N) is 1. The number of nitrogens with zero attached hydrogens (tertiary/aromatic N) is 3. The van der Waals surface area contributed by atoms with Crippen LogP contribution in [-0.2, 0) is 11.3 Å². The number of pyridine rings is 1. The van der Waals surface area contributed by atoms with Crippen LogP contribution in [-0.4, -0.2) is 33.3 Å². The number of hydrogen-bond acceptors (Lipinski definition) is 5. The normalized spacial score (nSPS) is 17.0. The summed E-state index contributed by atoms with van der Waals surface area (Å²) < 4.78 is 13.0. The van der Waals surface area contributed by atoms with E-state index in [4.69, 9.17) is 0 Å². The van der Waals surface area contributed by atoms with E-state index >= 15 is 0 Å². The van der Waals surface area contributed by atoms with Crippen LogP contribution in [0.5, 0.6) is 0 Å². The van der Waals surface area contributed by atoms with Crippen LogP contribution in [0, 0.1) is 22.9 Å². The van der Waals surface area contributed by atoms with Gasteiger partial charge in [0.15, 0.2) is 0 Å². The number of nitro groups is 1. The number of amides is 1. The van der Waals surface area contributed by atoms with Crippen molar-refractivity contribution in [2.75, 3.05) is 11.9 Å². The third-order valence-corrected chi connectivity index (χ3v) is 4.16. The van der Waals surface area contributed by atoms with E-state index in [9.17, 15) is 19.3 Å². The van der Waals surface area contributed by atoms with Gasteiger partial charge >= 0.3 is 0 Å². The molecule has 2 aromatic rings. The van der Waals surface area contributed by atoms with Gasteiger partial charge in [0.25, 0.3) is 5.69 Å². The van der Waals surface area contributed by atoms with Gasteiger partial charge in [0, 0.05) is 19.2 Å². The third kappa shape index (κ3) is 3.73. The quantitative estimate of drug-likeness (QED) is 0.665. The highest BCUT2D eigenvalue weighted by molar-refractivity contribution is 5.86. The maximum atomic E-state index is 13.0. The molecule has 1 amide bonds. The Labute approximate surface area is 143 Å². The van der Waals surface area contributed by atoms with Crippen LogP contribution in [0.4, 0.5) is 15.9 Å². The molecular formula is C17H17FN4O3. The first-order valence-corrected chi connectivity index (χ1v) is 7.86. The lowest BCUT2D eigenvalue weighted by Crippen LogP contribution is -2.33. The Balaban J connectivity index is 1.65. The van der Waals surface area contributed by atoms with E-state index in [0.29, 0.717) is 31.0 Å². The van der Waals surface area contributed by atoms with Crippen molar-refractivity contribution < 1.29 is 14.1 Å². The van der Waals surface area contributed by atoms with Crippen molar-refractivity contribution in [3.63, 3.8) is 0 Å². The molecule has 1 saturated heterocycles. The average Bonchev–Trinajstić information content (AvgIpc) is 2.90. The summed E-state index contributed by atoms with van der Waals surface area (Å²) in [4.78, 5) is 28.7. The maximum absolute atomic E-state index is 13.0. The molecular weight excluding hydrogens is 327 g/mol. The highest BCUT2D eigenvalue weighted by Gasteiger charge is 2.31. The van der Waals surface area contributed by atoms with Crippen molar-refractivity contribution in [3.05, 3.63) is 63.6 Å². The van der Waals surface area contributed by atoms with E-state index in [1.165, 1.54) is 24.3 Å². The molecule has 130 valence electrons. The number of rotatable bonds is 5. The lowest BCUT2D eigenvalue weighted by atomic mass is 10.2. The largest absolute Gasteiger partial charge is 0.358 e. The van der Waals surface area contributed by atoms with Gasteiger partial charge in [0.1, 0.15) is 23.4 Å². The van der Waals surface area contributed by atoms with Gasteiger partial charge in [-0.3, -0.25) is 14.9 Å². The molecule has 2 heterocycles. The minimum atomic E-state index is -0.489. The molecule has 8 heteroatoms. The second kappa shape index (κ2) is 6.84. The number of benzene rings is 1. The van der Waals surface area contributed by atoms with Crippen LogP contribution < -0.4 is 5.32 Å². The number of aromatic nitrogens is 1. The lowest BCUT2D eigenvalue weighted by molar-refractivity contribution is -0.385. The summed E-state index contributed by atoms with van der Waals surface area (Å²) in [6.07, 6.45) is 0.609. The molecule has 7 nitrogen and oxygen atoms in total. The van der Waals surface area contributed by atoms with Crippen molar-refractivity contribution >= 4 is 17.4 Å². The Morgan fingerprint density at radius 2 is 2.04 bits per heavy atom. The van der Waals surface area contributed by atoms with Gasteiger partial charge < -0.3 is 10.2 Å². The Hall–Kier alpha value is -3.03. The molecule has 1 unspecified atom stereocenters. The molecule has 1 aromatic carbocycles. The van der Waals surface area contributed by atoms with E-state index in [-0.39, 0.29) is 17.4 Å². The zero-order chi connectivity index (χ0) is 18.0. The van der Waals surface area contributed by atoms with Crippen LogP contribution >= 0.6 is 0 Å². The molecule has 1 aliphatic heterocycles. The highest BCUT2D eigenvalue weighted by atomic mass is 19.1. The molecule has 0 saturated carbocycles. The first kappa shape index (κ1) is 16.8. The zero-order valence-corrected chi connectivity index (χ0v) is 13.6. The fourth-order valence-corrected chi connectivity index (χ4v) is 2.85. The first-order chi connectivity index (χ1) is 11.9. The summed E-state index contributed by atoms with van der Waals surface area (Å²) in [7, 11) is 0. The molecule has 25 heavy (non-hydrogen) atoms. The van der Waals surface area contributed by atoms with Gasteiger partial charge in [-0.2, -0.15) is 0 Å². The fraction of sp³-hybridized carbons (Fsp3) is 0.294. The molecule has 1 N–H and O–H groups in total. The summed E-state index contributed by atoms with van der Waals surface area (Å²) in [5.74, 6) is 0.0582. The molecule has 1 fully saturated rings. The van der Waals surface area contributed by atoms with E-state index in [2.05, 4.69) is 10.3 Å². The predicted molar refractivity (Wildman–Crippen MR) is 89.5 cm³/mol. The van der Waals surface area contributed by atoms with E-state index < -0.39 is 11.0 Å². The number of likely N-dealkylation sites (tertiary alicyclic amines) is 1. The Kier molecular flexibility index (Phi) is 4.60. The summed E-state index contributed by atoms with van der Waals surface area (Å²) in [5, 5.41) is 13.9. The second-order valence-corrected chi connectivity index (χ2v) is 5.93. The van der Waals surface area contributed by atoms with Crippen molar-refractivity contribution in [1.29, 1.82) is 0 Å². The van der Waals surface area contributed by atoms with Crippen molar-refractivity contribution in [2.24, 2.45) is 0 Å². The van der Waals surface area contributed by atoms with Crippen LogP contribution in [0.2, 0.25) is 0 Å². The summed E-state index contributed by atoms with van der Waals surface area (Å²) >= 11 is 0. The SMILES string of the molecule is Cc1nc(NC2CCN(Cc3ccc(F)cc3)C2=O)ccc1[N+](=O)[O-]. The number of aryl methyl sites for hydroxylation is 1. The van der Waals surface area contributed by atoms with Crippen LogP contribution in [0.3, 0.4) is 0 Å². The van der Waals surface area contributed by atoms with Gasteiger partial charge in [0.05, 0.1) is 4.92 Å². The van der Waals surface area contributed by atoms with Crippen molar-refractivity contribution in [3.8, 4) is 0 Å². The van der Waals surface area contributed by atoms with Gasteiger partial charge in [0.2, 0.25) is 5.91 Å². The molecule has 1 aliphatic rings. The number of anilines is 1. The zero-order valence-electron chi connectivity index (χ0n) is 13.6. The molecule has 1 atom stereocenters. The first-order valence-electron chi connectivity index (χ1n) is 7.86. The number of hydrogen-bond donors (Lipinski definition) is 1. The Morgan fingerprint density at radius 3 is 2.68 bits per heavy atom. The third-order valence-electron chi connectivity index (χ3n) is 4.16. The molecule has 0 bridgehead atoms. The Bertz CT molecular complexity index is 810. The fourth-order valence-electron chi connectivity index (χ4n) is 2.85. The van der Waals surface area contributed by atoms with Gasteiger partial charge in [-0.25, -0.2) is 9.37 Å².